The Bertz CT molecular complexity index is 219. The van der Waals surface area contributed by atoms with E-state index in [0.29, 0.717) is 0 Å². The molecule has 130 valence electrons. The molecule has 0 amide bonds. The molecule has 4 N–H and O–H groups in total. The zero-order valence-corrected chi connectivity index (χ0v) is 14.3. The van der Waals surface area contributed by atoms with E-state index in [1.807, 2.05) is 0 Å². The molecular weight excluding hydrogens is 276 g/mol. The van der Waals surface area contributed by atoms with Gasteiger partial charge < -0.3 is 11.5 Å². The fourth-order valence-corrected chi connectivity index (χ4v) is 3.58. The SMILES string of the molecule is C1N2CN3CN1CN(C2)C3.NCCCCCCCCCCN. The minimum Gasteiger partial charge on any atom is -0.330 e. The first-order valence-corrected chi connectivity index (χ1v) is 9.11. The summed E-state index contributed by atoms with van der Waals surface area (Å²) in [5.41, 5.74) is 10.8. The quantitative estimate of drug-likeness (QED) is 0.619. The Balaban J connectivity index is 0.000000161. The average molecular weight is 313 g/mol. The average Bonchev–Trinajstić information content (AvgIpc) is 2.49. The van der Waals surface area contributed by atoms with E-state index in [0.717, 1.165) is 13.1 Å². The van der Waals surface area contributed by atoms with Crippen LogP contribution < -0.4 is 11.5 Å². The lowest BCUT2D eigenvalue weighted by molar-refractivity contribution is -0.194. The third-order valence-electron chi connectivity index (χ3n) is 4.56. The third-order valence-corrected chi connectivity index (χ3v) is 4.56. The van der Waals surface area contributed by atoms with Crippen LogP contribution in [0.4, 0.5) is 0 Å². The molecule has 0 spiro atoms. The Morgan fingerprint density at radius 2 is 0.636 bits per heavy atom. The Kier molecular flexibility index (Phi) is 8.66. The summed E-state index contributed by atoms with van der Waals surface area (Å²) in [6, 6.07) is 0. The summed E-state index contributed by atoms with van der Waals surface area (Å²) in [7, 11) is 0. The highest BCUT2D eigenvalue weighted by molar-refractivity contribution is 4.79. The molecule has 4 fully saturated rings. The third kappa shape index (κ3) is 6.48. The van der Waals surface area contributed by atoms with Crippen LogP contribution >= 0.6 is 0 Å². The van der Waals surface area contributed by atoms with E-state index in [2.05, 4.69) is 19.6 Å². The predicted octanol–water partition coefficient (Wildman–Crippen LogP) is 1.00. The van der Waals surface area contributed by atoms with Crippen molar-refractivity contribution in [2.75, 3.05) is 53.1 Å². The molecule has 4 bridgehead atoms. The zero-order valence-electron chi connectivity index (χ0n) is 14.3. The highest BCUT2D eigenvalue weighted by Gasteiger charge is 2.36. The molecule has 4 aliphatic rings. The van der Waals surface area contributed by atoms with Gasteiger partial charge in [0, 0.05) is 0 Å². The Labute approximate surface area is 136 Å². The summed E-state index contributed by atoms with van der Waals surface area (Å²) >= 11 is 0. The Morgan fingerprint density at radius 1 is 0.409 bits per heavy atom. The van der Waals surface area contributed by atoms with E-state index in [9.17, 15) is 0 Å². The van der Waals surface area contributed by atoms with Crippen molar-refractivity contribution in [1.29, 1.82) is 0 Å². The highest BCUT2D eigenvalue weighted by atomic mass is 15.7. The maximum absolute atomic E-state index is 5.40. The zero-order chi connectivity index (χ0) is 15.6. The van der Waals surface area contributed by atoms with E-state index in [1.165, 1.54) is 91.4 Å². The van der Waals surface area contributed by atoms with Gasteiger partial charge >= 0.3 is 0 Å². The van der Waals surface area contributed by atoms with Crippen molar-refractivity contribution in [3.8, 4) is 0 Å². The van der Waals surface area contributed by atoms with E-state index in [-0.39, 0.29) is 0 Å². The molecule has 0 aromatic heterocycles. The number of hydrogen-bond acceptors (Lipinski definition) is 6. The number of hydrogen-bond donors (Lipinski definition) is 2. The minimum absolute atomic E-state index is 0.854. The van der Waals surface area contributed by atoms with Crippen LogP contribution in [-0.2, 0) is 0 Å². The van der Waals surface area contributed by atoms with Gasteiger partial charge in [-0.25, -0.2) is 0 Å². The lowest BCUT2D eigenvalue weighted by Gasteiger charge is -2.56. The van der Waals surface area contributed by atoms with Crippen molar-refractivity contribution in [2.45, 2.75) is 51.4 Å². The number of rotatable bonds is 9. The van der Waals surface area contributed by atoms with Gasteiger partial charge in [-0.1, -0.05) is 38.5 Å². The number of unbranched alkanes of at least 4 members (excludes halogenated alkanes) is 7. The fourth-order valence-electron chi connectivity index (χ4n) is 3.58. The first kappa shape index (κ1) is 18.1. The summed E-state index contributed by atoms with van der Waals surface area (Å²) in [5, 5.41) is 0. The maximum atomic E-state index is 5.40. The lowest BCUT2D eigenvalue weighted by Crippen LogP contribution is -2.71. The van der Waals surface area contributed by atoms with E-state index in [1.54, 1.807) is 0 Å². The normalized spacial score (nSPS) is 31.9. The predicted molar refractivity (Wildman–Crippen MR) is 91.6 cm³/mol. The van der Waals surface area contributed by atoms with Crippen LogP contribution in [0.3, 0.4) is 0 Å². The van der Waals surface area contributed by atoms with Gasteiger partial charge in [-0.2, -0.15) is 0 Å². The maximum Gasteiger partial charge on any atom is 0.0555 e. The van der Waals surface area contributed by atoms with Crippen LogP contribution in [0.5, 0.6) is 0 Å². The number of nitrogens with two attached hydrogens (primary N) is 2. The van der Waals surface area contributed by atoms with Gasteiger partial charge in [0.1, 0.15) is 0 Å². The summed E-state index contributed by atoms with van der Waals surface area (Å²) in [4.78, 5) is 9.88. The van der Waals surface area contributed by atoms with Gasteiger partial charge in [-0.15, -0.1) is 0 Å². The summed E-state index contributed by atoms with van der Waals surface area (Å²) < 4.78 is 0. The summed E-state index contributed by atoms with van der Waals surface area (Å²) in [5.74, 6) is 0. The topological polar surface area (TPSA) is 65.0 Å². The Morgan fingerprint density at radius 3 is 0.864 bits per heavy atom. The Hall–Kier alpha value is -0.240. The molecule has 0 aromatic rings. The molecule has 6 heteroatoms. The van der Waals surface area contributed by atoms with E-state index >= 15 is 0 Å². The van der Waals surface area contributed by atoms with Crippen LogP contribution in [-0.4, -0.2) is 72.7 Å². The van der Waals surface area contributed by atoms with Gasteiger partial charge in [0.25, 0.3) is 0 Å². The molecule has 0 aromatic carbocycles. The van der Waals surface area contributed by atoms with Crippen LogP contribution in [0.2, 0.25) is 0 Å². The van der Waals surface area contributed by atoms with Crippen molar-refractivity contribution < 1.29 is 0 Å². The van der Waals surface area contributed by atoms with Crippen molar-refractivity contribution in [1.82, 2.24) is 19.6 Å². The highest BCUT2D eigenvalue weighted by Crippen LogP contribution is 2.20. The molecule has 0 unspecified atom stereocenters. The standard InChI is InChI=1S/C10H24N2.C6H12N4/c11-9-7-5-3-1-2-4-6-8-10-12;1-7-2-9-4-8(1)5-10(3-7)6-9/h1-12H2;1-6H2. The van der Waals surface area contributed by atoms with Crippen molar-refractivity contribution in [3.05, 3.63) is 0 Å². The minimum atomic E-state index is 0.854. The second-order valence-electron chi connectivity index (χ2n) is 6.94. The molecule has 0 saturated carbocycles. The molecule has 4 aliphatic heterocycles. The van der Waals surface area contributed by atoms with Crippen molar-refractivity contribution in [2.24, 2.45) is 11.5 Å². The molecule has 0 radical (unpaired) electrons. The van der Waals surface area contributed by atoms with Crippen molar-refractivity contribution in [3.63, 3.8) is 0 Å². The second kappa shape index (κ2) is 10.5. The summed E-state index contributed by atoms with van der Waals surface area (Å²) in [6.45, 7) is 8.83. The van der Waals surface area contributed by atoms with E-state index < -0.39 is 0 Å². The van der Waals surface area contributed by atoms with Crippen LogP contribution in [0, 0.1) is 0 Å². The molecule has 4 saturated heterocycles. The molecule has 4 heterocycles. The second-order valence-corrected chi connectivity index (χ2v) is 6.94. The largest absolute Gasteiger partial charge is 0.330 e. The monoisotopic (exact) mass is 312 g/mol. The van der Waals surface area contributed by atoms with Gasteiger partial charge in [-0.05, 0) is 25.9 Å². The van der Waals surface area contributed by atoms with Crippen LogP contribution in [0.25, 0.3) is 0 Å². The summed E-state index contributed by atoms with van der Waals surface area (Å²) in [6.07, 6.45) is 10.5. The smallest absolute Gasteiger partial charge is 0.0555 e. The number of nitrogens with zero attached hydrogens (tertiary/aromatic N) is 4. The van der Waals surface area contributed by atoms with E-state index in [4.69, 9.17) is 11.5 Å². The first-order valence-electron chi connectivity index (χ1n) is 9.11. The van der Waals surface area contributed by atoms with Gasteiger partial charge in [-0.3, -0.25) is 19.6 Å². The van der Waals surface area contributed by atoms with Crippen molar-refractivity contribution >= 4 is 0 Å². The van der Waals surface area contributed by atoms with Gasteiger partial charge in [0.05, 0.1) is 40.0 Å². The van der Waals surface area contributed by atoms with Gasteiger partial charge in [0.2, 0.25) is 0 Å². The van der Waals surface area contributed by atoms with Gasteiger partial charge in [0.15, 0.2) is 0 Å². The first-order chi connectivity index (χ1) is 10.8. The molecule has 6 nitrogen and oxygen atoms in total. The molecule has 0 atom stereocenters. The molecule has 4 rings (SSSR count). The van der Waals surface area contributed by atoms with Crippen LogP contribution in [0.1, 0.15) is 51.4 Å². The molecular formula is C16H36N6. The fraction of sp³-hybridized carbons (Fsp3) is 1.00. The molecule has 0 aliphatic carbocycles. The molecule has 22 heavy (non-hydrogen) atoms. The van der Waals surface area contributed by atoms with Crippen LogP contribution in [0.15, 0.2) is 0 Å². The lowest BCUT2D eigenvalue weighted by atomic mass is 10.1.